The van der Waals surface area contributed by atoms with Crippen LogP contribution in [0.4, 0.5) is 13.2 Å². The lowest BCUT2D eigenvalue weighted by atomic mass is 10.2. The van der Waals surface area contributed by atoms with Crippen LogP contribution in [0.3, 0.4) is 0 Å². The fourth-order valence-corrected chi connectivity index (χ4v) is 2.52. The van der Waals surface area contributed by atoms with Crippen molar-refractivity contribution in [2.75, 3.05) is 0 Å². The van der Waals surface area contributed by atoms with Gasteiger partial charge in [0.25, 0.3) is 0 Å². The molecule has 2 rings (SSSR count). The predicted octanol–water partition coefficient (Wildman–Crippen LogP) is 2.83. The Morgan fingerprint density at radius 3 is 2.55 bits per heavy atom. The van der Waals surface area contributed by atoms with Crippen molar-refractivity contribution in [3.05, 3.63) is 17.5 Å². The van der Waals surface area contributed by atoms with Crippen molar-refractivity contribution in [1.82, 2.24) is 15.1 Å². The van der Waals surface area contributed by atoms with E-state index in [4.69, 9.17) is 0 Å². The van der Waals surface area contributed by atoms with Crippen LogP contribution in [0, 0.1) is 6.92 Å². The Balaban J connectivity index is 2.09. The van der Waals surface area contributed by atoms with E-state index in [0.29, 0.717) is 5.69 Å². The van der Waals surface area contributed by atoms with Crippen LogP contribution < -0.4 is 5.32 Å². The zero-order valence-corrected chi connectivity index (χ0v) is 11.5. The molecule has 1 aliphatic rings. The van der Waals surface area contributed by atoms with Gasteiger partial charge in [-0.25, -0.2) is 0 Å². The van der Waals surface area contributed by atoms with Crippen molar-refractivity contribution in [3.63, 3.8) is 0 Å². The average molecular weight is 289 g/mol. The number of carbonyl (C=O) groups is 1. The summed E-state index contributed by atoms with van der Waals surface area (Å²) in [6, 6.07) is 0.355. The Bertz CT molecular complexity index is 490. The minimum Gasteiger partial charge on any atom is -0.352 e. The summed E-state index contributed by atoms with van der Waals surface area (Å²) in [6.45, 7) is 3.08. The number of alkyl halides is 3. The first-order chi connectivity index (χ1) is 9.29. The van der Waals surface area contributed by atoms with Crippen molar-refractivity contribution < 1.29 is 18.0 Å². The van der Waals surface area contributed by atoms with E-state index in [1.807, 2.05) is 0 Å². The summed E-state index contributed by atoms with van der Waals surface area (Å²) in [4.78, 5) is 12.1. The highest BCUT2D eigenvalue weighted by Gasteiger charge is 2.35. The van der Waals surface area contributed by atoms with Crippen LogP contribution in [0.15, 0.2) is 6.07 Å². The maximum absolute atomic E-state index is 12.6. The molecule has 1 unspecified atom stereocenters. The molecule has 7 heteroatoms. The first-order valence-electron chi connectivity index (χ1n) is 6.73. The van der Waals surface area contributed by atoms with Crippen LogP contribution >= 0.6 is 0 Å². The Labute approximate surface area is 115 Å². The van der Waals surface area contributed by atoms with Gasteiger partial charge in [0, 0.05) is 11.7 Å². The largest absolute Gasteiger partial charge is 0.435 e. The van der Waals surface area contributed by atoms with Crippen LogP contribution in [0.1, 0.15) is 50.0 Å². The number of rotatable bonds is 3. The SMILES string of the molecule is Cc1cc(C(F)(F)F)nn1C(C)C(=O)NC1CCCC1. The molecule has 1 atom stereocenters. The lowest BCUT2D eigenvalue weighted by molar-refractivity contribution is -0.142. The van der Waals surface area contributed by atoms with Crippen molar-refractivity contribution in [2.45, 2.75) is 57.8 Å². The molecule has 0 aromatic carbocycles. The molecule has 0 spiro atoms. The van der Waals surface area contributed by atoms with Gasteiger partial charge in [0.2, 0.25) is 5.91 Å². The summed E-state index contributed by atoms with van der Waals surface area (Å²) in [5.41, 5.74) is -0.637. The van der Waals surface area contributed by atoms with Crippen molar-refractivity contribution in [2.24, 2.45) is 0 Å². The van der Waals surface area contributed by atoms with E-state index >= 15 is 0 Å². The number of amides is 1. The number of halogens is 3. The van der Waals surface area contributed by atoms with E-state index in [2.05, 4.69) is 10.4 Å². The van der Waals surface area contributed by atoms with Gasteiger partial charge in [-0.1, -0.05) is 12.8 Å². The molecule has 1 fully saturated rings. The lowest BCUT2D eigenvalue weighted by Gasteiger charge is -2.18. The van der Waals surface area contributed by atoms with E-state index in [9.17, 15) is 18.0 Å². The molecule has 112 valence electrons. The summed E-state index contributed by atoms with van der Waals surface area (Å²) in [5, 5.41) is 6.38. The zero-order valence-electron chi connectivity index (χ0n) is 11.5. The molecule has 0 saturated heterocycles. The molecule has 1 heterocycles. The average Bonchev–Trinajstić information content (AvgIpc) is 2.96. The normalized spacial score (nSPS) is 18.2. The summed E-state index contributed by atoms with van der Waals surface area (Å²) in [5.74, 6) is -0.281. The maximum Gasteiger partial charge on any atom is 0.435 e. The molecule has 0 bridgehead atoms. The third-order valence-corrected chi connectivity index (χ3v) is 3.66. The van der Waals surface area contributed by atoms with Crippen LogP contribution in [0.2, 0.25) is 0 Å². The Morgan fingerprint density at radius 2 is 2.05 bits per heavy atom. The van der Waals surface area contributed by atoms with E-state index in [1.54, 1.807) is 6.92 Å². The summed E-state index contributed by atoms with van der Waals surface area (Å²) >= 11 is 0. The number of nitrogens with one attached hydrogen (secondary N) is 1. The molecular formula is C13H18F3N3O. The molecule has 1 aromatic heterocycles. The number of carbonyl (C=O) groups excluding carboxylic acids is 1. The molecule has 1 saturated carbocycles. The highest BCUT2D eigenvalue weighted by atomic mass is 19.4. The molecule has 1 aliphatic carbocycles. The van der Waals surface area contributed by atoms with Gasteiger partial charge in [0.1, 0.15) is 6.04 Å². The van der Waals surface area contributed by atoms with Crippen molar-refractivity contribution >= 4 is 5.91 Å². The third kappa shape index (κ3) is 3.13. The van der Waals surface area contributed by atoms with Crippen LogP contribution in [0.25, 0.3) is 0 Å². The predicted molar refractivity (Wildman–Crippen MR) is 67.1 cm³/mol. The van der Waals surface area contributed by atoms with E-state index in [1.165, 1.54) is 6.92 Å². The van der Waals surface area contributed by atoms with Gasteiger partial charge in [0.05, 0.1) is 0 Å². The van der Waals surface area contributed by atoms with Crippen molar-refractivity contribution in [3.8, 4) is 0 Å². The number of aryl methyl sites for hydroxylation is 1. The van der Waals surface area contributed by atoms with Crippen LogP contribution in [0.5, 0.6) is 0 Å². The van der Waals surface area contributed by atoms with Crippen LogP contribution in [-0.4, -0.2) is 21.7 Å². The van der Waals surface area contributed by atoms with Gasteiger partial charge < -0.3 is 5.32 Å². The quantitative estimate of drug-likeness (QED) is 0.930. The second-order valence-corrected chi connectivity index (χ2v) is 5.28. The van der Waals surface area contributed by atoms with Gasteiger partial charge in [-0.05, 0) is 32.8 Å². The first-order valence-corrected chi connectivity index (χ1v) is 6.73. The second kappa shape index (κ2) is 5.46. The van der Waals surface area contributed by atoms with Gasteiger partial charge >= 0.3 is 6.18 Å². The van der Waals surface area contributed by atoms with Gasteiger partial charge in [-0.15, -0.1) is 0 Å². The van der Waals surface area contributed by atoms with E-state index in [-0.39, 0.29) is 11.9 Å². The minimum absolute atomic E-state index is 0.142. The van der Waals surface area contributed by atoms with Gasteiger partial charge in [-0.2, -0.15) is 18.3 Å². The molecular weight excluding hydrogens is 271 g/mol. The fraction of sp³-hybridized carbons (Fsp3) is 0.692. The molecule has 0 radical (unpaired) electrons. The number of nitrogens with zero attached hydrogens (tertiary/aromatic N) is 2. The van der Waals surface area contributed by atoms with E-state index in [0.717, 1.165) is 36.4 Å². The fourth-order valence-electron chi connectivity index (χ4n) is 2.52. The smallest absolute Gasteiger partial charge is 0.352 e. The lowest BCUT2D eigenvalue weighted by Crippen LogP contribution is -2.38. The van der Waals surface area contributed by atoms with Crippen LogP contribution in [-0.2, 0) is 11.0 Å². The number of hydrogen-bond acceptors (Lipinski definition) is 2. The second-order valence-electron chi connectivity index (χ2n) is 5.28. The summed E-state index contributed by atoms with van der Waals surface area (Å²) in [6.07, 6.45) is -0.455. The standard InChI is InChI=1S/C13H18F3N3O/c1-8-7-11(13(14,15)16)18-19(8)9(2)12(20)17-10-5-3-4-6-10/h7,9-10H,3-6H2,1-2H3,(H,17,20). The Hall–Kier alpha value is -1.53. The number of hydrogen-bond donors (Lipinski definition) is 1. The molecule has 1 aromatic rings. The summed E-state index contributed by atoms with van der Waals surface area (Å²) < 4.78 is 38.9. The van der Waals surface area contributed by atoms with E-state index < -0.39 is 17.9 Å². The van der Waals surface area contributed by atoms with Crippen molar-refractivity contribution in [1.29, 1.82) is 0 Å². The third-order valence-electron chi connectivity index (χ3n) is 3.66. The number of aromatic nitrogens is 2. The summed E-state index contributed by atoms with van der Waals surface area (Å²) in [7, 11) is 0. The molecule has 1 N–H and O–H groups in total. The minimum atomic E-state index is -4.49. The molecule has 0 aliphatic heterocycles. The maximum atomic E-state index is 12.6. The highest BCUT2D eigenvalue weighted by Crippen LogP contribution is 2.29. The molecule has 20 heavy (non-hydrogen) atoms. The first kappa shape index (κ1) is 14.9. The highest BCUT2D eigenvalue weighted by molar-refractivity contribution is 5.80. The Morgan fingerprint density at radius 1 is 1.45 bits per heavy atom. The Kier molecular flexibility index (Phi) is 4.06. The monoisotopic (exact) mass is 289 g/mol. The zero-order chi connectivity index (χ0) is 14.9. The van der Waals surface area contributed by atoms with Gasteiger partial charge in [0.15, 0.2) is 5.69 Å². The van der Waals surface area contributed by atoms with Gasteiger partial charge in [-0.3, -0.25) is 9.48 Å². The topological polar surface area (TPSA) is 46.9 Å². The molecule has 1 amide bonds. The molecule has 4 nitrogen and oxygen atoms in total.